The molecule has 0 saturated carbocycles. The van der Waals surface area contributed by atoms with Gasteiger partial charge >= 0.3 is 0 Å². The number of carbonyl (C=O) groups excluding carboxylic acids is 1. The van der Waals surface area contributed by atoms with Gasteiger partial charge in [-0.05, 0) is 55.8 Å². The van der Waals surface area contributed by atoms with E-state index in [1.807, 2.05) is 38.1 Å². The van der Waals surface area contributed by atoms with Gasteiger partial charge in [-0.15, -0.1) is 0 Å². The highest BCUT2D eigenvalue weighted by atomic mass is 32.2. The molecule has 1 heterocycles. The summed E-state index contributed by atoms with van der Waals surface area (Å²) in [7, 11) is -2.02. The largest absolute Gasteiger partial charge is 0.497 e. The van der Waals surface area contributed by atoms with Crippen LogP contribution in [0.5, 0.6) is 5.75 Å². The highest BCUT2D eigenvalue weighted by Crippen LogP contribution is 2.21. The minimum atomic E-state index is -3.62. The molecule has 0 aromatic heterocycles. The average Bonchev–Trinajstić information content (AvgIpc) is 2.71. The maximum atomic E-state index is 12.9. The zero-order valence-corrected chi connectivity index (χ0v) is 17.6. The molecule has 2 aromatic rings. The first-order valence-corrected chi connectivity index (χ1v) is 10.9. The molecule has 1 aliphatic heterocycles. The Morgan fingerprint density at radius 1 is 1.07 bits per heavy atom. The molecule has 1 fully saturated rings. The fraction of sp³-hybridized carbons (Fsp3) is 0.381. The van der Waals surface area contributed by atoms with Crippen molar-refractivity contribution in [2.45, 2.75) is 37.5 Å². The van der Waals surface area contributed by atoms with Crippen molar-refractivity contribution in [1.82, 2.24) is 9.62 Å². The van der Waals surface area contributed by atoms with Gasteiger partial charge in [0, 0.05) is 25.2 Å². The highest BCUT2D eigenvalue weighted by Gasteiger charge is 2.32. The normalized spacial score (nSPS) is 20.2. The van der Waals surface area contributed by atoms with Crippen molar-refractivity contribution in [3.05, 3.63) is 59.7 Å². The van der Waals surface area contributed by atoms with Gasteiger partial charge in [0.2, 0.25) is 10.0 Å². The van der Waals surface area contributed by atoms with Crippen LogP contribution in [0.25, 0.3) is 0 Å². The quantitative estimate of drug-likeness (QED) is 0.779. The number of morpholine rings is 1. The van der Waals surface area contributed by atoms with Gasteiger partial charge in [-0.2, -0.15) is 4.31 Å². The summed E-state index contributed by atoms with van der Waals surface area (Å²) < 4.78 is 37.9. The van der Waals surface area contributed by atoms with E-state index in [1.165, 1.54) is 28.6 Å². The van der Waals surface area contributed by atoms with Gasteiger partial charge in [-0.3, -0.25) is 4.79 Å². The van der Waals surface area contributed by atoms with Crippen LogP contribution in [0.3, 0.4) is 0 Å². The van der Waals surface area contributed by atoms with E-state index in [0.29, 0.717) is 25.2 Å². The second-order valence-electron chi connectivity index (χ2n) is 7.13. The Kier molecular flexibility index (Phi) is 6.56. The van der Waals surface area contributed by atoms with Crippen LogP contribution in [0.15, 0.2) is 53.4 Å². The molecule has 156 valence electrons. The Morgan fingerprint density at radius 3 is 2.21 bits per heavy atom. The fourth-order valence-corrected chi connectivity index (χ4v) is 4.87. The average molecular weight is 419 g/mol. The minimum Gasteiger partial charge on any atom is -0.497 e. The molecule has 2 atom stereocenters. The maximum Gasteiger partial charge on any atom is 0.251 e. The molecule has 1 amide bonds. The third kappa shape index (κ3) is 5.14. The second kappa shape index (κ2) is 8.94. The lowest BCUT2D eigenvalue weighted by atomic mass is 10.2. The number of amides is 1. The summed E-state index contributed by atoms with van der Waals surface area (Å²) in [6.07, 6.45) is -0.312. The molecule has 1 saturated heterocycles. The van der Waals surface area contributed by atoms with E-state index in [1.54, 1.807) is 7.11 Å². The van der Waals surface area contributed by atoms with Crippen LogP contribution in [0.4, 0.5) is 0 Å². The van der Waals surface area contributed by atoms with E-state index in [0.717, 1.165) is 11.3 Å². The Hall–Kier alpha value is -2.42. The van der Waals surface area contributed by atoms with E-state index in [-0.39, 0.29) is 23.0 Å². The Bertz CT molecular complexity index is 932. The van der Waals surface area contributed by atoms with E-state index in [9.17, 15) is 13.2 Å². The monoisotopic (exact) mass is 418 g/mol. The number of sulfonamides is 1. The lowest BCUT2D eigenvalue weighted by Gasteiger charge is -2.34. The van der Waals surface area contributed by atoms with Crippen LogP contribution in [-0.4, -0.2) is 51.0 Å². The topological polar surface area (TPSA) is 84.9 Å². The zero-order valence-electron chi connectivity index (χ0n) is 16.8. The van der Waals surface area contributed by atoms with Crippen LogP contribution >= 0.6 is 0 Å². The molecule has 8 heteroatoms. The molecule has 2 aromatic carbocycles. The molecule has 7 nitrogen and oxygen atoms in total. The summed E-state index contributed by atoms with van der Waals surface area (Å²) in [5, 5.41) is 2.83. The van der Waals surface area contributed by atoms with Crippen molar-refractivity contribution in [2.75, 3.05) is 20.2 Å². The number of nitrogens with one attached hydrogen (secondary N) is 1. The predicted octanol–water partition coefficient (Wildman–Crippen LogP) is 2.42. The third-order valence-electron chi connectivity index (χ3n) is 4.75. The molecule has 0 spiro atoms. The van der Waals surface area contributed by atoms with Crippen LogP contribution in [0.1, 0.15) is 29.8 Å². The molecule has 29 heavy (non-hydrogen) atoms. The summed E-state index contributed by atoms with van der Waals surface area (Å²) in [6.45, 7) is 4.71. The number of rotatable bonds is 6. The fourth-order valence-electron chi connectivity index (χ4n) is 3.28. The van der Waals surface area contributed by atoms with Gasteiger partial charge < -0.3 is 14.8 Å². The molecule has 0 bridgehead atoms. The second-order valence-corrected chi connectivity index (χ2v) is 9.07. The Balaban J connectivity index is 1.64. The molecule has 1 aliphatic rings. The van der Waals surface area contributed by atoms with Crippen LogP contribution in [0.2, 0.25) is 0 Å². The number of carbonyl (C=O) groups is 1. The number of methoxy groups -OCH3 is 1. The number of hydrogen-bond acceptors (Lipinski definition) is 5. The van der Waals surface area contributed by atoms with E-state index in [4.69, 9.17) is 9.47 Å². The maximum absolute atomic E-state index is 12.9. The van der Waals surface area contributed by atoms with Crippen molar-refractivity contribution in [1.29, 1.82) is 0 Å². The smallest absolute Gasteiger partial charge is 0.251 e. The van der Waals surface area contributed by atoms with Crippen molar-refractivity contribution in [3.8, 4) is 5.75 Å². The number of hydrogen-bond donors (Lipinski definition) is 1. The summed E-state index contributed by atoms with van der Waals surface area (Å²) in [4.78, 5) is 12.5. The highest BCUT2D eigenvalue weighted by molar-refractivity contribution is 7.89. The lowest BCUT2D eigenvalue weighted by molar-refractivity contribution is -0.0440. The number of ether oxygens (including phenoxy) is 2. The summed E-state index contributed by atoms with van der Waals surface area (Å²) >= 11 is 0. The van der Waals surface area contributed by atoms with Gasteiger partial charge in [0.15, 0.2) is 0 Å². The standard InChI is InChI=1S/C21H26N2O5S/c1-15-13-23(14-16(2)28-15)29(25,26)20-10-6-18(7-11-20)21(24)22-12-17-4-8-19(27-3)9-5-17/h4-11,15-16H,12-14H2,1-3H3,(H,22,24)/t15-,16+. The lowest BCUT2D eigenvalue weighted by Crippen LogP contribution is -2.48. The SMILES string of the molecule is COc1ccc(CNC(=O)c2ccc(S(=O)(=O)N3C[C@@H](C)O[C@@H](C)C3)cc2)cc1. The Morgan fingerprint density at radius 2 is 1.66 bits per heavy atom. The molecule has 0 unspecified atom stereocenters. The van der Waals surface area contributed by atoms with Gasteiger partial charge in [-0.25, -0.2) is 8.42 Å². The number of benzene rings is 2. The first-order chi connectivity index (χ1) is 13.8. The van der Waals surface area contributed by atoms with Gasteiger partial charge in [-0.1, -0.05) is 12.1 Å². The van der Waals surface area contributed by atoms with Crippen LogP contribution in [-0.2, 0) is 21.3 Å². The van der Waals surface area contributed by atoms with Crippen molar-refractivity contribution >= 4 is 15.9 Å². The molecule has 1 N–H and O–H groups in total. The van der Waals surface area contributed by atoms with E-state index < -0.39 is 10.0 Å². The molecule has 0 aliphatic carbocycles. The Labute approximate surface area is 171 Å². The molecular weight excluding hydrogens is 392 g/mol. The van der Waals surface area contributed by atoms with Crippen molar-refractivity contribution in [3.63, 3.8) is 0 Å². The first-order valence-electron chi connectivity index (χ1n) is 9.46. The summed E-state index contributed by atoms with van der Waals surface area (Å²) in [6, 6.07) is 13.4. The van der Waals surface area contributed by atoms with Crippen LogP contribution in [0, 0.1) is 0 Å². The molecule has 3 rings (SSSR count). The summed E-state index contributed by atoms with van der Waals surface area (Å²) in [5.74, 6) is 0.485. The predicted molar refractivity (Wildman–Crippen MR) is 109 cm³/mol. The first kappa shape index (κ1) is 21.3. The molecule has 0 radical (unpaired) electrons. The molecular formula is C21H26N2O5S. The van der Waals surface area contributed by atoms with E-state index >= 15 is 0 Å². The van der Waals surface area contributed by atoms with Crippen molar-refractivity contribution in [2.24, 2.45) is 0 Å². The van der Waals surface area contributed by atoms with Crippen LogP contribution < -0.4 is 10.1 Å². The van der Waals surface area contributed by atoms with E-state index in [2.05, 4.69) is 5.32 Å². The van der Waals surface area contributed by atoms with Gasteiger partial charge in [0.25, 0.3) is 5.91 Å². The third-order valence-corrected chi connectivity index (χ3v) is 6.60. The summed E-state index contributed by atoms with van der Waals surface area (Å²) in [5.41, 5.74) is 1.34. The number of nitrogens with zero attached hydrogens (tertiary/aromatic N) is 1. The van der Waals surface area contributed by atoms with Gasteiger partial charge in [0.1, 0.15) is 5.75 Å². The minimum absolute atomic E-state index is 0.156. The zero-order chi connectivity index (χ0) is 21.0. The van der Waals surface area contributed by atoms with Gasteiger partial charge in [0.05, 0.1) is 24.2 Å². The van der Waals surface area contributed by atoms with Crippen molar-refractivity contribution < 1.29 is 22.7 Å².